The van der Waals surface area contributed by atoms with Gasteiger partial charge < -0.3 is 5.73 Å². The summed E-state index contributed by atoms with van der Waals surface area (Å²) in [4.78, 5) is 0. The van der Waals surface area contributed by atoms with E-state index < -0.39 is 30.7 Å². The number of alkyl halides is 6. The predicted octanol–water partition coefficient (Wildman–Crippen LogP) is 2.99. The average molecular weight is 324 g/mol. The monoisotopic (exact) mass is 323 g/mol. The van der Waals surface area contributed by atoms with Crippen LogP contribution in [-0.2, 0) is 13.5 Å². The summed E-state index contributed by atoms with van der Waals surface area (Å²) in [6.07, 6.45) is -11.6. The highest BCUT2D eigenvalue weighted by Gasteiger charge is 2.59. The van der Waals surface area contributed by atoms with Gasteiger partial charge in [-0.1, -0.05) is 11.6 Å². The van der Waals surface area contributed by atoms with Crippen LogP contribution in [0.3, 0.4) is 0 Å². The maximum atomic E-state index is 12.5. The Bertz CT molecular complexity index is 465. The molecule has 0 saturated carbocycles. The fraction of sp³-hybridized carbons (Fsp3) is 0.700. The Morgan fingerprint density at radius 1 is 1.20 bits per heavy atom. The fourth-order valence-electron chi connectivity index (χ4n) is 1.93. The zero-order valence-electron chi connectivity index (χ0n) is 10.5. The van der Waals surface area contributed by atoms with Gasteiger partial charge in [-0.05, 0) is 13.3 Å². The van der Waals surface area contributed by atoms with Crippen LogP contribution in [0.2, 0.25) is 5.15 Å². The van der Waals surface area contributed by atoms with Crippen LogP contribution in [0.15, 0.2) is 0 Å². The third-order valence-electron chi connectivity index (χ3n) is 2.84. The molecule has 0 aliphatic heterocycles. The molecule has 10 heteroatoms. The molecule has 0 radical (unpaired) electrons. The number of hydrogen-bond acceptors (Lipinski definition) is 2. The van der Waals surface area contributed by atoms with Gasteiger partial charge in [0.05, 0.1) is 5.69 Å². The molecule has 0 saturated heterocycles. The lowest BCUT2D eigenvalue weighted by atomic mass is 9.93. The van der Waals surface area contributed by atoms with Crippen molar-refractivity contribution in [3.8, 4) is 0 Å². The first kappa shape index (κ1) is 17.1. The summed E-state index contributed by atoms with van der Waals surface area (Å²) in [7, 11) is 1.43. The minimum absolute atomic E-state index is 0.0268. The first-order valence-corrected chi connectivity index (χ1v) is 5.80. The third kappa shape index (κ3) is 3.57. The second-order valence-corrected chi connectivity index (χ2v) is 4.77. The standard InChI is InChI=1S/C10H12ClF6N3/c1-4-5(8(11)20(2)19-4)3-6(18)7(9(12,13)14)10(15,16)17/h6-7H,3,18H2,1-2H3. The Balaban J connectivity index is 3.06. The van der Waals surface area contributed by atoms with Gasteiger partial charge in [0, 0.05) is 18.7 Å². The van der Waals surface area contributed by atoms with Crippen LogP contribution in [0.25, 0.3) is 0 Å². The van der Waals surface area contributed by atoms with E-state index >= 15 is 0 Å². The van der Waals surface area contributed by atoms with E-state index in [1.807, 2.05) is 0 Å². The highest BCUT2D eigenvalue weighted by atomic mass is 35.5. The van der Waals surface area contributed by atoms with Gasteiger partial charge in [0.2, 0.25) is 0 Å². The highest BCUT2D eigenvalue weighted by Crippen LogP contribution is 2.41. The number of nitrogens with two attached hydrogens (primary N) is 1. The van der Waals surface area contributed by atoms with Crippen molar-refractivity contribution in [1.29, 1.82) is 0 Å². The Morgan fingerprint density at radius 2 is 1.65 bits per heavy atom. The van der Waals surface area contributed by atoms with Crippen LogP contribution in [0.5, 0.6) is 0 Å². The Hall–Kier alpha value is -0.960. The van der Waals surface area contributed by atoms with Crippen molar-refractivity contribution in [2.24, 2.45) is 18.7 Å². The number of nitrogens with zero attached hydrogens (tertiary/aromatic N) is 2. The summed E-state index contributed by atoms with van der Waals surface area (Å²) < 4.78 is 76.3. The SMILES string of the molecule is Cc1nn(C)c(Cl)c1CC(N)C(C(F)(F)F)C(F)(F)F. The second-order valence-electron chi connectivity index (χ2n) is 4.41. The van der Waals surface area contributed by atoms with Crippen LogP contribution < -0.4 is 5.73 Å². The van der Waals surface area contributed by atoms with E-state index in [1.165, 1.54) is 14.0 Å². The molecule has 0 aliphatic carbocycles. The minimum atomic E-state index is -5.47. The van der Waals surface area contributed by atoms with Crippen molar-refractivity contribution < 1.29 is 26.3 Å². The molecular weight excluding hydrogens is 312 g/mol. The molecule has 1 unspecified atom stereocenters. The Morgan fingerprint density at radius 3 is 1.95 bits per heavy atom. The Kier molecular flexibility index (Phi) is 4.65. The predicted molar refractivity (Wildman–Crippen MR) is 60.2 cm³/mol. The smallest absolute Gasteiger partial charge is 0.327 e. The van der Waals surface area contributed by atoms with Gasteiger partial charge in [-0.15, -0.1) is 0 Å². The van der Waals surface area contributed by atoms with Crippen molar-refractivity contribution in [1.82, 2.24) is 9.78 Å². The molecule has 1 heterocycles. The van der Waals surface area contributed by atoms with E-state index in [9.17, 15) is 26.3 Å². The average Bonchev–Trinajstić information content (AvgIpc) is 2.40. The van der Waals surface area contributed by atoms with Crippen molar-refractivity contribution in [2.45, 2.75) is 31.7 Å². The van der Waals surface area contributed by atoms with Crippen molar-refractivity contribution in [2.75, 3.05) is 0 Å². The summed E-state index contributed by atoms with van der Waals surface area (Å²) in [5.74, 6) is -3.61. The van der Waals surface area contributed by atoms with Crippen molar-refractivity contribution >= 4 is 11.6 Å². The summed E-state index contributed by atoms with van der Waals surface area (Å²) in [6.45, 7) is 1.43. The van der Waals surface area contributed by atoms with Gasteiger partial charge in [0.15, 0.2) is 5.92 Å². The first-order valence-electron chi connectivity index (χ1n) is 5.42. The summed E-state index contributed by atoms with van der Waals surface area (Å²) in [6, 6.07) is -2.18. The molecule has 1 atom stereocenters. The molecule has 0 spiro atoms. The lowest BCUT2D eigenvalue weighted by Crippen LogP contribution is -2.49. The summed E-state index contributed by atoms with van der Waals surface area (Å²) in [5.41, 5.74) is 5.46. The summed E-state index contributed by atoms with van der Waals surface area (Å²) in [5, 5.41) is 3.79. The highest BCUT2D eigenvalue weighted by molar-refractivity contribution is 6.30. The molecule has 20 heavy (non-hydrogen) atoms. The molecular formula is C10H12ClF6N3. The van der Waals surface area contributed by atoms with Gasteiger partial charge in [-0.3, -0.25) is 4.68 Å². The lowest BCUT2D eigenvalue weighted by molar-refractivity contribution is -0.289. The molecule has 2 N–H and O–H groups in total. The number of aryl methyl sites for hydroxylation is 2. The van der Waals surface area contributed by atoms with E-state index in [0.717, 1.165) is 4.68 Å². The largest absolute Gasteiger partial charge is 0.402 e. The van der Waals surface area contributed by atoms with Gasteiger partial charge in [-0.25, -0.2) is 0 Å². The number of hydrogen-bond donors (Lipinski definition) is 1. The third-order valence-corrected chi connectivity index (χ3v) is 3.32. The number of aromatic nitrogens is 2. The van der Waals surface area contributed by atoms with E-state index in [2.05, 4.69) is 5.10 Å². The topological polar surface area (TPSA) is 43.8 Å². The van der Waals surface area contributed by atoms with E-state index in [1.54, 1.807) is 0 Å². The van der Waals surface area contributed by atoms with Crippen molar-refractivity contribution in [3.63, 3.8) is 0 Å². The van der Waals surface area contributed by atoms with Crippen LogP contribution in [0.4, 0.5) is 26.3 Å². The molecule has 0 bridgehead atoms. The van der Waals surface area contributed by atoms with E-state index in [-0.39, 0.29) is 16.4 Å². The molecule has 0 amide bonds. The first-order chi connectivity index (χ1) is 8.85. The Labute approximate surface area is 115 Å². The van der Waals surface area contributed by atoms with Crippen LogP contribution in [0, 0.1) is 12.8 Å². The maximum absolute atomic E-state index is 12.5. The van der Waals surface area contributed by atoms with Gasteiger partial charge in [0.25, 0.3) is 0 Å². The van der Waals surface area contributed by atoms with Crippen LogP contribution in [0.1, 0.15) is 11.3 Å². The lowest BCUT2D eigenvalue weighted by Gasteiger charge is -2.28. The normalized spacial score (nSPS) is 14.9. The van der Waals surface area contributed by atoms with Gasteiger partial charge >= 0.3 is 12.4 Å². The van der Waals surface area contributed by atoms with Crippen molar-refractivity contribution in [3.05, 3.63) is 16.4 Å². The van der Waals surface area contributed by atoms with Crippen LogP contribution >= 0.6 is 11.6 Å². The molecule has 0 aromatic carbocycles. The minimum Gasteiger partial charge on any atom is -0.327 e. The van der Waals surface area contributed by atoms with E-state index in [0.29, 0.717) is 0 Å². The van der Waals surface area contributed by atoms with Gasteiger partial charge in [0.1, 0.15) is 5.15 Å². The molecule has 0 aliphatic rings. The van der Waals surface area contributed by atoms with Crippen LogP contribution in [-0.4, -0.2) is 28.2 Å². The number of rotatable bonds is 3. The molecule has 3 nitrogen and oxygen atoms in total. The zero-order chi connectivity index (χ0) is 15.9. The molecule has 1 aromatic heterocycles. The van der Waals surface area contributed by atoms with Gasteiger partial charge in [-0.2, -0.15) is 31.4 Å². The molecule has 116 valence electrons. The quantitative estimate of drug-likeness (QED) is 0.869. The maximum Gasteiger partial charge on any atom is 0.402 e. The van der Waals surface area contributed by atoms with E-state index in [4.69, 9.17) is 17.3 Å². The summed E-state index contributed by atoms with van der Waals surface area (Å²) >= 11 is 5.77. The second kappa shape index (κ2) is 5.44. The number of halogens is 7. The zero-order valence-corrected chi connectivity index (χ0v) is 11.2. The molecule has 1 aromatic rings. The molecule has 1 rings (SSSR count). The molecule has 0 fully saturated rings. The fourth-order valence-corrected chi connectivity index (χ4v) is 2.18.